The number of ether oxygens (including phenoxy) is 1. The number of hydrogen-bond acceptors (Lipinski definition) is 7. The van der Waals surface area contributed by atoms with E-state index in [1.165, 1.54) is 4.90 Å². The minimum Gasteiger partial charge on any atom is -0.507 e. The van der Waals surface area contributed by atoms with E-state index >= 15 is 0 Å². The summed E-state index contributed by atoms with van der Waals surface area (Å²) in [7, 11) is 0. The summed E-state index contributed by atoms with van der Waals surface area (Å²) in [4.78, 5) is 27.8. The molecule has 0 bridgehead atoms. The number of rotatable bonds is 6. The first-order valence-electron chi connectivity index (χ1n) is 11.7. The Morgan fingerprint density at radius 3 is 2.31 bits per heavy atom. The number of hydrogen-bond donors (Lipinski definition) is 2. The van der Waals surface area contributed by atoms with Gasteiger partial charge in [-0.1, -0.05) is 44.2 Å². The number of nitrogens with one attached hydrogen (secondary N) is 1. The molecule has 1 aromatic carbocycles. The van der Waals surface area contributed by atoms with Gasteiger partial charge in [-0.15, -0.1) is 5.10 Å². The number of aliphatic hydroxyl groups is 1. The van der Waals surface area contributed by atoms with Crippen molar-refractivity contribution in [3.63, 3.8) is 0 Å². The molecule has 8 nitrogen and oxygen atoms in total. The molecule has 0 aliphatic carbocycles. The van der Waals surface area contributed by atoms with Crippen molar-refractivity contribution in [2.75, 3.05) is 11.4 Å². The number of carbonyl (C=O) groups is 2. The van der Waals surface area contributed by atoms with Crippen LogP contribution < -0.4 is 10.2 Å². The van der Waals surface area contributed by atoms with Crippen molar-refractivity contribution in [1.82, 2.24) is 15.5 Å². The van der Waals surface area contributed by atoms with Crippen molar-refractivity contribution in [1.29, 1.82) is 0 Å². The fourth-order valence-corrected chi connectivity index (χ4v) is 4.13. The fraction of sp³-hybridized carbons (Fsp3) is 0.333. The molecule has 2 aromatic rings. The first-order chi connectivity index (χ1) is 16.7. The number of nitrogens with zero attached hydrogens (tertiary/aromatic N) is 3. The molecular weight excluding hydrogens is 444 g/mol. The first kappa shape index (κ1) is 24.2. The van der Waals surface area contributed by atoms with E-state index in [4.69, 9.17) is 4.74 Å². The number of Topliss-reactive ketones (excluding diaryl/α,β-unsaturated/α-hetero) is 1. The highest BCUT2D eigenvalue weighted by Gasteiger charge is 2.48. The highest BCUT2D eigenvalue weighted by atomic mass is 16.5. The summed E-state index contributed by atoms with van der Waals surface area (Å²) in [6, 6.07) is 9.89. The maximum absolute atomic E-state index is 13.3. The number of amides is 1. The Bertz CT molecular complexity index is 1220. The van der Waals surface area contributed by atoms with E-state index in [0.29, 0.717) is 35.2 Å². The summed E-state index contributed by atoms with van der Waals surface area (Å²) in [5, 5.41) is 22.7. The maximum atomic E-state index is 13.3. The molecule has 182 valence electrons. The lowest BCUT2D eigenvalue weighted by atomic mass is 9.93. The van der Waals surface area contributed by atoms with Gasteiger partial charge in [0.2, 0.25) is 0 Å². The summed E-state index contributed by atoms with van der Waals surface area (Å²) in [5.41, 5.74) is 2.99. The number of dihydropyridines is 1. The molecule has 1 amide bonds. The lowest BCUT2D eigenvalue weighted by Crippen LogP contribution is -2.40. The summed E-state index contributed by atoms with van der Waals surface area (Å²) < 4.78 is 5.72. The molecule has 0 saturated carbocycles. The molecule has 2 aliphatic rings. The van der Waals surface area contributed by atoms with E-state index in [9.17, 15) is 14.7 Å². The van der Waals surface area contributed by atoms with Gasteiger partial charge in [-0.25, -0.2) is 0 Å². The van der Waals surface area contributed by atoms with E-state index in [0.717, 1.165) is 5.56 Å². The van der Waals surface area contributed by atoms with Crippen LogP contribution in [0.1, 0.15) is 50.4 Å². The van der Waals surface area contributed by atoms with E-state index in [1.54, 1.807) is 37.3 Å². The van der Waals surface area contributed by atoms with Crippen LogP contribution in [0.5, 0.6) is 0 Å². The Balaban J connectivity index is 1.84. The highest BCUT2D eigenvalue weighted by Crippen LogP contribution is 2.36. The summed E-state index contributed by atoms with van der Waals surface area (Å²) in [6.07, 6.45) is 3.57. The molecule has 1 atom stereocenters. The van der Waals surface area contributed by atoms with Gasteiger partial charge in [0.15, 0.2) is 11.7 Å². The number of benzene rings is 1. The Kier molecular flexibility index (Phi) is 6.73. The van der Waals surface area contributed by atoms with Crippen molar-refractivity contribution < 1.29 is 19.4 Å². The second kappa shape index (κ2) is 9.74. The summed E-state index contributed by atoms with van der Waals surface area (Å²) >= 11 is 0. The second-order valence-electron chi connectivity index (χ2n) is 9.27. The lowest BCUT2D eigenvalue weighted by Gasteiger charge is -2.28. The molecule has 2 N–H and O–H groups in total. The fourth-order valence-electron chi connectivity index (χ4n) is 4.13. The molecule has 1 saturated heterocycles. The van der Waals surface area contributed by atoms with Crippen LogP contribution in [0.15, 0.2) is 65.6 Å². The number of ketones is 1. The number of allylic oxidation sites excluding steroid dienone is 2. The zero-order chi connectivity index (χ0) is 25.3. The minimum atomic E-state index is -0.846. The molecule has 2 aliphatic heterocycles. The van der Waals surface area contributed by atoms with Gasteiger partial charge < -0.3 is 15.2 Å². The predicted molar refractivity (Wildman–Crippen MR) is 134 cm³/mol. The zero-order valence-corrected chi connectivity index (χ0v) is 20.6. The Hall–Kier alpha value is -3.94. The van der Waals surface area contributed by atoms with E-state index in [2.05, 4.69) is 29.4 Å². The molecule has 1 fully saturated rings. The average molecular weight is 475 g/mol. The first-order valence-corrected chi connectivity index (χ1v) is 11.7. The molecule has 8 heteroatoms. The van der Waals surface area contributed by atoms with Gasteiger partial charge in [0.25, 0.3) is 5.78 Å². The standard InChI is InChI=1S/C27H30N4O4/c1-15(2)18-7-9-19(10-8-18)25(32)23-24(20-11-13-22(28-14-20)35-16(3)4)31(27(34)26(23)33)21-12-6-17(5)29-30-21/h6-13,15-16,24,28,32H,14H2,1-5H3. The van der Waals surface area contributed by atoms with Crippen molar-refractivity contribution in [2.45, 2.75) is 52.7 Å². The van der Waals surface area contributed by atoms with Crippen LogP contribution >= 0.6 is 0 Å². The molecule has 4 rings (SSSR count). The molecule has 1 unspecified atom stereocenters. The largest absolute Gasteiger partial charge is 0.507 e. The number of carbonyl (C=O) groups excluding carboxylic acids is 2. The molecule has 3 heterocycles. The SMILES string of the molecule is Cc1ccc(N2C(=O)C(=O)C(=C(O)c3ccc(C(C)C)cc3)C2C2=CC=C(OC(C)C)NC2)nn1. The maximum Gasteiger partial charge on any atom is 0.301 e. The third-order valence-electron chi connectivity index (χ3n) is 5.96. The van der Waals surface area contributed by atoms with Crippen LogP contribution in [0.3, 0.4) is 0 Å². The Morgan fingerprint density at radius 1 is 1.06 bits per heavy atom. The van der Waals surface area contributed by atoms with Crippen LogP contribution in [-0.2, 0) is 14.3 Å². The second-order valence-corrected chi connectivity index (χ2v) is 9.27. The average Bonchev–Trinajstić information content (AvgIpc) is 3.10. The molecular formula is C27H30N4O4. The summed E-state index contributed by atoms with van der Waals surface area (Å²) in [5.74, 6) is -0.588. The smallest absolute Gasteiger partial charge is 0.301 e. The van der Waals surface area contributed by atoms with E-state index < -0.39 is 17.7 Å². The molecule has 35 heavy (non-hydrogen) atoms. The number of anilines is 1. The quantitative estimate of drug-likeness (QED) is 0.371. The lowest BCUT2D eigenvalue weighted by molar-refractivity contribution is -0.132. The number of aliphatic hydroxyl groups excluding tert-OH is 1. The van der Waals surface area contributed by atoms with Gasteiger partial charge in [-0.2, -0.15) is 5.10 Å². The molecule has 0 radical (unpaired) electrons. The third kappa shape index (κ3) is 4.82. The van der Waals surface area contributed by atoms with Crippen molar-refractivity contribution in [2.24, 2.45) is 0 Å². The van der Waals surface area contributed by atoms with Gasteiger partial charge in [-0.3, -0.25) is 14.5 Å². The minimum absolute atomic E-state index is 0.00835. The van der Waals surface area contributed by atoms with E-state index in [-0.39, 0.29) is 23.3 Å². The van der Waals surface area contributed by atoms with E-state index in [1.807, 2.05) is 32.1 Å². The Morgan fingerprint density at radius 2 is 1.77 bits per heavy atom. The summed E-state index contributed by atoms with van der Waals surface area (Å²) in [6.45, 7) is 10.1. The number of aromatic nitrogens is 2. The Labute approximate surface area is 205 Å². The number of aryl methyl sites for hydroxylation is 1. The topological polar surface area (TPSA) is 105 Å². The molecule has 1 aromatic heterocycles. The third-order valence-corrected chi connectivity index (χ3v) is 5.96. The normalized spacial score (nSPS) is 19.6. The highest BCUT2D eigenvalue weighted by molar-refractivity contribution is 6.52. The van der Waals surface area contributed by atoms with Gasteiger partial charge in [0, 0.05) is 12.1 Å². The predicted octanol–water partition coefficient (Wildman–Crippen LogP) is 3.96. The van der Waals surface area contributed by atoms with Crippen molar-refractivity contribution in [3.05, 3.63) is 82.4 Å². The van der Waals surface area contributed by atoms with Gasteiger partial charge >= 0.3 is 5.91 Å². The molecule has 0 spiro atoms. The van der Waals surface area contributed by atoms with Crippen LogP contribution in [0, 0.1) is 6.92 Å². The zero-order valence-electron chi connectivity index (χ0n) is 20.6. The van der Waals surface area contributed by atoms with Crippen LogP contribution in [0.25, 0.3) is 5.76 Å². The van der Waals surface area contributed by atoms with Crippen molar-refractivity contribution >= 4 is 23.3 Å². The van der Waals surface area contributed by atoms with Crippen LogP contribution in [0.2, 0.25) is 0 Å². The van der Waals surface area contributed by atoms with Gasteiger partial charge in [0.1, 0.15) is 5.76 Å². The van der Waals surface area contributed by atoms with Gasteiger partial charge in [-0.05, 0) is 56.0 Å². The van der Waals surface area contributed by atoms with Gasteiger partial charge in [0.05, 0.1) is 23.4 Å². The van der Waals surface area contributed by atoms with Crippen LogP contribution in [0.4, 0.5) is 5.82 Å². The van der Waals surface area contributed by atoms with Crippen LogP contribution in [-0.4, -0.2) is 45.7 Å². The monoisotopic (exact) mass is 474 g/mol. The van der Waals surface area contributed by atoms with Crippen molar-refractivity contribution in [3.8, 4) is 0 Å².